The molecule has 6 nitrogen and oxygen atoms in total. The van der Waals surface area contributed by atoms with Gasteiger partial charge in [-0.15, -0.1) is 0 Å². The first-order valence-electron chi connectivity index (χ1n) is 10.7. The first-order valence-corrected chi connectivity index (χ1v) is 10.7. The summed E-state index contributed by atoms with van der Waals surface area (Å²) < 4.78 is 11.7. The van der Waals surface area contributed by atoms with E-state index in [9.17, 15) is 4.79 Å². The number of hydrazone groups is 1. The molecule has 1 amide bonds. The maximum absolute atomic E-state index is 13.3. The van der Waals surface area contributed by atoms with Gasteiger partial charge >= 0.3 is 0 Å². The number of hydrogen-bond donors (Lipinski definition) is 0. The molecule has 0 radical (unpaired) electrons. The van der Waals surface area contributed by atoms with Crippen molar-refractivity contribution in [3.8, 4) is 0 Å². The van der Waals surface area contributed by atoms with Crippen LogP contribution in [0, 0.1) is 5.92 Å². The third-order valence-corrected chi connectivity index (χ3v) is 5.75. The van der Waals surface area contributed by atoms with Gasteiger partial charge in [-0.3, -0.25) is 9.69 Å². The molecule has 6 heteroatoms. The molecule has 1 aliphatic carbocycles. The van der Waals surface area contributed by atoms with Gasteiger partial charge in [0.25, 0.3) is 5.91 Å². The fourth-order valence-electron chi connectivity index (χ4n) is 4.21. The quantitative estimate of drug-likeness (QED) is 0.565. The molecule has 3 aromatic rings. The van der Waals surface area contributed by atoms with E-state index in [-0.39, 0.29) is 11.9 Å². The van der Waals surface area contributed by atoms with Crippen LogP contribution in [0.15, 0.2) is 62.7 Å². The normalized spacial score (nSPS) is 19.3. The number of amides is 1. The van der Waals surface area contributed by atoms with E-state index >= 15 is 0 Å². The maximum Gasteiger partial charge on any atom is 0.257 e. The molecule has 3 heterocycles. The highest BCUT2D eigenvalue weighted by atomic mass is 16.3. The summed E-state index contributed by atoms with van der Waals surface area (Å²) in [5, 5.41) is 7.36. The number of fused-ring (bicyclic) bond motifs is 1. The average Bonchev–Trinajstić information content (AvgIpc) is 3.12. The molecule has 0 bridgehead atoms. The fraction of sp³-hybridized carbons (Fsp3) is 0.417. The summed E-state index contributed by atoms with van der Waals surface area (Å²) in [6, 6.07) is 14.0. The SMILES string of the molecule is CC(C)CN(CC(=O)N1N=C(c2cc3ccccc3o2)C[C@H]1c1ccco1)C1CC1. The molecule has 1 saturated carbocycles. The number of furan rings is 2. The highest BCUT2D eigenvalue weighted by molar-refractivity contribution is 6.03. The minimum atomic E-state index is -0.240. The van der Waals surface area contributed by atoms with Gasteiger partial charge < -0.3 is 8.83 Å². The van der Waals surface area contributed by atoms with E-state index < -0.39 is 0 Å². The van der Waals surface area contributed by atoms with Crippen LogP contribution in [0.3, 0.4) is 0 Å². The van der Waals surface area contributed by atoms with E-state index in [0.717, 1.165) is 29.0 Å². The Labute approximate surface area is 176 Å². The van der Waals surface area contributed by atoms with Crippen molar-refractivity contribution >= 4 is 22.6 Å². The molecule has 156 valence electrons. The standard InChI is InChI=1S/C24H27N3O3/c1-16(2)14-26(18-9-10-18)15-24(28)27-20(22-8-5-11-29-22)13-19(25-27)23-12-17-6-3-4-7-21(17)30-23/h3-8,11-12,16,18,20H,9-10,13-15H2,1-2H3/t20-/m0/s1. The topological polar surface area (TPSA) is 62.2 Å². The Morgan fingerprint density at radius 1 is 1.23 bits per heavy atom. The number of rotatable bonds is 7. The van der Waals surface area contributed by atoms with Gasteiger partial charge in [0, 0.05) is 24.4 Å². The molecule has 30 heavy (non-hydrogen) atoms. The van der Waals surface area contributed by atoms with Gasteiger partial charge in [-0.05, 0) is 43.0 Å². The van der Waals surface area contributed by atoms with E-state index in [0.29, 0.717) is 30.7 Å². The number of nitrogens with zero attached hydrogens (tertiary/aromatic N) is 3. The molecule has 5 rings (SSSR count). The lowest BCUT2D eigenvalue weighted by molar-refractivity contribution is -0.134. The molecule has 1 atom stereocenters. The van der Waals surface area contributed by atoms with Crippen LogP contribution in [0.1, 0.15) is 50.7 Å². The van der Waals surface area contributed by atoms with Crippen LogP contribution in [-0.4, -0.2) is 40.7 Å². The van der Waals surface area contributed by atoms with Gasteiger partial charge in [-0.2, -0.15) is 5.10 Å². The lowest BCUT2D eigenvalue weighted by Gasteiger charge is -2.27. The highest BCUT2D eigenvalue weighted by Gasteiger charge is 2.38. The zero-order chi connectivity index (χ0) is 20.7. The Morgan fingerprint density at radius 3 is 2.77 bits per heavy atom. The van der Waals surface area contributed by atoms with Crippen LogP contribution in [0.5, 0.6) is 0 Å². The van der Waals surface area contributed by atoms with Crippen molar-refractivity contribution in [3.05, 3.63) is 60.2 Å². The molecule has 2 aromatic heterocycles. The maximum atomic E-state index is 13.3. The third kappa shape index (κ3) is 3.79. The summed E-state index contributed by atoms with van der Waals surface area (Å²) in [4.78, 5) is 15.6. The summed E-state index contributed by atoms with van der Waals surface area (Å²) in [6.07, 6.45) is 4.57. The zero-order valence-corrected chi connectivity index (χ0v) is 17.5. The van der Waals surface area contributed by atoms with Crippen LogP contribution in [0.4, 0.5) is 0 Å². The lowest BCUT2D eigenvalue weighted by Crippen LogP contribution is -2.40. The molecular formula is C24H27N3O3. The summed E-state index contributed by atoms with van der Waals surface area (Å²) in [6.45, 7) is 5.70. The van der Waals surface area contributed by atoms with Gasteiger partial charge in [-0.25, -0.2) is 5.01 Å². The molecule has 0 N–H and O–H groups in total. The van der Waals surface area contributed by atoms with Crippen molar-refractivity contribution in [1.82, 2.24) is 9.91 Å². The smallest absolute Gasteiger partial charge is 0.257 e. The average molecular weight is 405 g/mol. The van der Waals surface area contributed by atoms with E-state index in [1.165, 1.54) is 12.8 Å². The first kappa shape index (κ1) is 19.1. The Morgan fingerprint density at radius 2 is 2.07 bits per heavy atom. The van der Waals surface area contributed by atoms with Crippen molar-refractivity contribution in [3.63, 3.8) is 0 Å². The zero-order valence-electron chi connectivity index (χ0n) is 17.5. The first-order chi connectivity index (χ1) is 14.6. The molecule has 1 aromatic carbocycles. The Kier molecular flexibility index (Phi) is 4.95. The predicted molar refractivity (Wildman–Crippen MR) is 115 cm³/mol. The summed E-state index contributed by atoms with van der Waals surface area (Å²) in [5.41, 5.74) is 1.61. The Balaban J connectivity index is 1.42. The van der Waals surface area contributed by atoms with Crippen molar-refractivity contribution < 1.29 is 13.6 Å². The number of carbonyl (C=O) groups excluding carboxylic acids is 1. The minimum absolute atomic E-state index is 0.00932. The van der Waals surface area contributed by atoms with Crippen LogP contribution in [-0.2, 0) is 4.79 Å². The van der Waals surface area contributed by atoms with Gasteiger partial charge in [0.2, 0.25) is 0 Å². The Hall–Kier alpha value is -2.86. The number of hydrogen-bond acceptors (Lipinski definition) is 5. The Bertz CT molecular complexity index is 1030. The van der Waals surface area contributed by atoms with Gasteiger partial charge in [0.1, 0.15) is 23.1 Å². The number of para-hydroxylation sites is 1. The van der Waals surface area contributed by atoms with Gasteiger partial charge in [-0.1, -0.05) is 32.0 Å². The van der Waals surface area contributed by atoms with E-state index in [2.05, 4.69) is 18.7 Å². The lowest BCUT2D eigenvalue weighted by atomic mass is 10.1. The van der Waals surface area contributed by atoms with Crippen LogP contribution in [0.2, 0.25) is 0 Å². The van der Waals surface area contributed by atoms with Crippen LogP contribution in [0.25, 0.3) is 11.0 Å². The number of carbonyl (C=O) groups is 1. The molecule has 0 spiro atoms. The number of benzene rings is 1. The second kappa shape index (κ2) is 7.76. The molecule has 0 unspecified atom stereocenters. The summed E-state index contributed by atoms with van der Waals surface area (Å²) in [7, 11) is 0. The molecule has 2 aliphatic rings. The predicted octanol–water partition coefficient (Wildman–Crippen LogP) is 4.82. The second-order valence-electron chi connectivity index (χ2n) is 8.72. The van der Waals surface area contributed by atoms with Gasteiger partial charge in [0.15, 0.2) is 5.76 Å². The molecule has 1 aliphatic heterocycles. The van der Waals surface area contributed by atoms with Crippen LogP contribution < -0.4 is 0 Å². The van der Waals surface area contributed by atoms with E-state index in [1.807, 2.05) is 42.5 Å². The largest absolute Gasteiger partial charge is 0.467 e. The molecule has 0 saturated heterocycles. The van der Waals surface area contributed by atoms with Crippen molar-refractivity contribution in [2.75, 3.05) is 13.1 Å². The van der Waals surface area contributed by atoms with Crippen molar-refractivity contribution in [1.29, 1.82) is 0 Å². The monoisotopic (exact) mass is 405 g/mol. The minimum Gasteiger partial charge on any atom is -0.467 e. The van der Waals surface area contributed by atoms with Crippen molar-refractivity contribution in [2.24, 2.45) is 11.0 Å². The summed E-state index contributed by atoms with van der Waals surface area (Å²) >= 11 is 0. The second-order valence-corrected chi connectivity index (χ2v) is 8.72. The van der Waals surface area contributed by atoms with E-state index in [1.54, 1.807) is 11.3 Å². The molecule has 1 fully saturated rings. The van der Waals surface area contributed by atoms with Crippen LogP contribution >= 0.6 is 0 Å². The fourth-order valence-corrected chi connectivity index (χ4v) is 4.21. The summed E-state index contributed by atoms with van der Waals surface area (Å²) in [5.74, 6) is 1.99. The third-order valence-electron chi connectivity index (χ3n) is 5.75. The highest BCUT2D eigenvalue weighted by Crippen LogP contribution is 2.35. The molecular weight excluding hydrogens is 378 g/mol. The van der Waals surface area contributed by atoms with Crippen molar-refractivity contribution in [2.45, 2.75) is 45.2 Å². The van der Waals surface area contributed by atoms with Gasteiger partial charge in [0.05, 0.1) is 12.8 Å². The van der Waals surface area contributed by atoms with E-state index in [4.69, 9.17) is 13.9 Å².